The number of nitrogens with one attached hydrogen (secondary N) is 2. The maximum absolute atomic E-state index is 12.0. The first kappa shape index (κ1) is 17.0. The standard InChI is InChI=1S/C16H24N2O.ClH/c1-12-5-4-6-14(9-12)16(2,3)11-18-15(19)13-7-8-17-10-13;/h4-6,9,13,17H,7-8,10-11H2,1-3H3,(H,18,19);1H. The predicted octanol–water partition coefficient (Wildman–Crippen LogP) is 2.42. The lowest BCUT2D eigenvalue weighted by molar-refractivity contribution is -0.124. The smallest absolute Gasteiger partial charge is 0.224 e. The molecule has 2 N–H and O–H groups in total. The molecule has 1 fully saturated rings. The lowest BCUT2D eigenvalue weighted by Gasteiger charge is -2.26. The molecular formula is C16H25ClN2O. The van der Waals surface area contributed by atoms with Gasteiger partial charge in [-0.1, -0.05) is 43.7 Å². The highest BCUT2D eigenvalue weighted by atomic mass is 35.5. The van der Waals surface area contributed by atoms with Gasteiger partial charge in [0.1, 0.15) is 0 Å². The van der Waals surface area contributed by atoms with Crippen molar-refractivity contribution in [3.05, 3.63) is 35.4 Å². The third kappa shape index (κ3) is 4.22. The van der Waals surface area contributed by atoms with E-state index in [2.05, 4.69) is 55.7 Å². The summed E-state index contributed by atoms with van der Waals surface area (Å²) in [6.07, 6.45) is 0.955. The van der Waals surface area contributed by atoms with E-state index in [-0.39, 0.29) is 29.6 Å². The van der Waals surface area contributed by atoms with Crippen LogP contribution in [0.3, 0.4) is 0 Å². The Kier molecular flexibility index (Phi) is 6.03. The van der Waals surface area contributed by atoms with Crippen LogP contribution in [0.1, 0.15) is 31.4 Å². The summed E-state index contributed by atoms with van der Waals surface area (Å²) >= 11 is 0. The summed E-state index contributed by atoms with van der Waals surface area (Å²) in [6.45, 7) is 8.91. The van der Waals surface area contributed by atoms with Crippen molar-refractivity contribution < 1.29 is 4.79 Å². The summed E-state index contributed by atoms with van der Waals surface area (Å²) in [5.74, 6) is 0.332. The van der Waals surface area contributed by atoms with Crippen molar-refractivity contribution in [3.63, 3.8) is 0 Å². The third-order valence-corrected chi connectivity index (χ3v) is 3.94. The van der Waals surface area contributed by atoms with Gasteiger partial charge in [-0.2, -0.15) is 0 Å². The molecule has 2 rings (SSSR count). The summed E-state index contributed by atoms with van der Waals surface area (Å²) in [4.78, 5) is 12.0. The van der Waals surface area contributed by atoms with Crippen molar-refractivity contribution in [1.29, 1.82) is 0 Å². The summed E-state index contributed by atoms with van der Waals surface area (Å²) in [6, 6.07) is 8.51. The number of benzene rings is 1. The monoisotopic (exact) mass is 296 g/mol. The molecule has 0 saturated carbocycles. The number of aryl methyl sites for hydroxylation is 1. The largest absolute Gasteiger partial charge is 0.355 e. The molecule has 1 unspecified atom stereocenters. The number of amides is 1. The molecule has 0 radical (unpaired) electrons. The molecule has 1 aliphatic heterocycles. The van der Waals surface area contributed by atoms with Gasteiger partial charge in [0.15, 0.2) is 0 Å². The maximum Gasteiger partial charge on any atom is 0.224 e. The summed E-state index contributed by atoms with van der Waals surface area (Å²) in [7, 11) is 0. The number of carbonyl (C=O) groups excluding carboxylic acids is 1. The van der Waals surface area contributed by atoms with E-state index in [0.717, 1.165) is 19.5 Å². The van der Waals surface area contributed by atoms with Gasteiger partial charge in [0.2, 0.25) is 5.91 Å². The Morgan fingerprint density at radius 1 is 1.45 bits per heavy atom. The van der Waals surface area contributed by atoms with Crippen LogP contribution in [-0.2, 0) is 10.2 Å². The fourth-order valence-corrected chi connectivity index (χ4v) is 2.50. The second-order valence-corrected chi connectivity index (χ2v) is 6.16. The molecule has 112 valence electrons. The molecule has 1 aliphatic rings. The van der Waals surface area contributed by atoms with Crippen LogP contribution in [0.2, 0.25) is 0 Å². The first-order valence-corrected chi connectivity index (χ1v) is 7.04. The minimum Gasteiger partial charge on any atom is -0.355 e. The minimum absolute atomic E-state index is 0. The Bertz CT molecular complexity index is 454. The van der Waals surface area contributed by atoms with Gasteiger partial charge in [-0.3, -0.25) is 4.79 Å². The molecule has 1 atom stereocenters. The molecule has 20 heavy (non-hydrogen) atoms. The van der Waals surface area contributed by atoms with E-state index < -0.39 is 0 Å². The van der Waals surface area contributed by atoms with Gasteiger partial charge in [0.05, 0.1) is 5.92 Å². The van der Waals surface area contributed by atoms with Crippen LogP contribution in [-0.4, -0.2) is 25.5 Å². The molecule has 0 bridgehead atoms. The van der Waals surface area contributed by atoms with Crippen molar-refractivity contribution in [1.82, 2.24) is 10.6 Å². The third-order valence-electron chi connectivity index (χ3n) is 3.94. The topological polar surface area (TPSA) is 41.1 Å². The van der Waals surface area contributed by atoms with Crippen LogP contribution in [0.5, 0.6) is 0 Å². The molecule has 1 aromatic rings. The fraction of sp³-hybridized carbons (Fsp3) is 0.562. The van der Waals surface area contributed by atoms with E-state index in [1.54, 1.807) is 0 Å². The number of hydrogen-bond acceptors (Lipinski definition) is 2. The zero-order chi connectivity index (χ0) is 13.9. The fourth-order valence-electron chi connectivity index (χ4n) is 2.50. The van der Waals surface area contributed by atoms with Gasteiger partial charge in [0, 0.05) is 18.5 Å². The van der Waals surface area contributed by atoms with Crippen LogP contribution in [0.15, 0.2) is 24.3 Å². The van der Waals surface area contributed by atoms with E-state index in [1.807, 2.05) is 0 Å². The second kappa shape index (κ2) is 7.09. The molecule has 3 nitrogen and oxygen atoms in total. The van der Waals surface area contributed by atoms with E-state index in [4.69, 9.17) is 0 Å². The lowest BCUT2D eigenvalue weighted by Crippen LogP contribution is -2.40. The van der Waals surface area contributed by atoms with Gasteiger partial charge < -0.3 is 10.6 Å². The Balaban J connectivity index is 0.00000200. The van der Waals surface area contributed by atoms with Gasteiger partial charge in [0.25, 0.3) is 0 Å². The highest BCUT2D eigenvalue weighted by Gasteiger charge is 2.26. The summed E-state index contributed by atoms with van der Waals surface area (Å²) in [5.41, 5.74) is 2.50. The molecule has 1 amide bonds. The maximum atomic E-state index is 12.0. The molecule has 0 aliphatic carbocycles. The van der Waals surface area contributed by atoms with Crippen molar-refractivity contribution in [2.24, 2.45) is 5.92 Å². The van der Waals surface area contributed by atoms with Crippen molar-refractivity contribution in [2.75, 3.05) is 19.6 Å². The first-order valence-electron chi connectivity index (χ1n) is 7.04. The van der Waals surface area contributed by atoms with E-state index in [1.165, 1.54) is 11.1 Å². The van der Waals surface area contributed by atoms with Gasteiger partial charge in [-0.25, -0.2) is 0 Å². The Hall–Kier alpha value is -1.06. The van der Waals surface area contributed by atoms with Crippen molar-refractivity contribution in [2.45, 2.75) is 32.6 Å². The number of halogens is 1. The molecule has 0 spiro atoms. The molecule has 4 heteroatoms. The molecular weight excluding hydrogens is 272 g/mol. The minimum atomic E-state index is -0.0340. The van der Waals surface area contributed by atoms with Crippen LogP contribution in [0.4, 0.5) is 0 Å². The lowest BCUT2D eigenvalue weighted by atomic mass is 9.84. The molecule has 1 saturated heterocycles. The predicted molar refractivity (Wildman–Crippen MR) is 85.4 cm³/mol. The van der Waals surface area contributed by atoms with Gasteiger partial charge in [-0.15, -0.1) is 12.4 Å². The van der Waals surface area contributed by atoms with Crippen LogP contribution >= 0.6 is 12.4 Å². The zero-order valence-electron chi connectivity index (χ0n) is 12.5. The van der Waals surface area contributed by atoms with Crippen LogP contribution < -0.4 is 10.6 Å². The number of hydrogen-bond donors (Lipinski definition) is 2. The summed E-state index contributed by atoms with van der Waals surface area (Å²) < 4.78 is 0. The van der Waals surface area contributed by atoms with Crippen molar-refractivity contribution in [3.8, 4) is 0 Å². The Morgan fingerprint density at radius 2 is 2.20 bits per heavy atom. The van der Waals surface area contributed by atoms with Crippen LogP contribution in [0.25, 0.3) is 0 Å². The van der Waals surface area contributed by atoms with E-state index in [0.29, 0.717) is 6.54 Å². The zero-order valence-corrected chi connectivity index (χ0v) is 13.3. The average Bonchev–Trinajstić information content (AvgIpc) is 2.90. The summed E-state index contributed by atoms with van der Waals surface area (Å²) in [5, 5.41) is 6.33. The molecule has 1 heterocycles. The Labute approximate surface area is 127 Å². The van der Waals surface area contributed by atoms with Gasteiger partial charge in [-0.05, 0) is 25.5 Å². The van der Waals surface area contributed by atoms with E-state index in [9.17, 15) is 4.79 Å². The highest BCUT2D eigenvalue weighted by molar-refractivity contribution is 5.85. The van der Waals surface area contributed by atoms with E-state index >= 15 is 0 Å². The van der Waals surface area contributed by atoms with Crippen molar-refractivity contribution >= 4 is 18.3 Å². The normalized spacial score (nSPS) is 18.4. The Morgan fingerprint density at radius 3 is 2.80 bits per heavy atom. The molecule has 0 aromatic heterocycles. The second-order valence-electron chi connectivity index (χ2n) is 6.16. The SMILES string of the molecule is Cc1cccc(C(C)(C)CNC(=O)C2CCNC2)c1.Cl. The quantitative estimate of drug-likeness (QED) is 0.896. The number of carbonyl (C=O) groups is 1. The molecule has 1 aromatic carbocycles. The van der Waals surface area contributed by atoms with Gasteiger partial charge >= 0.3 is 0 Å². The number of rotatable bonds is 4. The highest BCUT2D eigenvalue weighted by Crippen LogP contribution is 2.23. The first-order chi connectivity index (χ1) is 8.99. The average molecular weight is 297 g/mol. The van der Waals surface area contributed by atoms with Crippen LogP contribution in [0, 0.1) is 12.8 Å².